The van der Waals surface area contributed by atoms with Crippen LogP contribution < -0.4 is 0 Å². The lowest BCUT2D eigenvalue weighted by molar-refractivity contribution is 0.459. The van der Waals surface area contributed by atoms with E-state index in [0.717, 1.165) is 5.56 Å². The van der Waals surface area contributed by atoms with E-state index in [1.54, 1.807) is 19.1 Å². The summed E-state index contributed by atoms with van der Waals surface area (Å²) >= 11 is 7.19. The number of nitrogens with one attached hydrogen (secondary N) is 1. The van der Waals surface area contributed by atoms with E-state index in [1.807, 2.05) is 12.1 Å². The van der Waals surface area contributed by atoms with Gasteiger partial charge < -0.3 is 10.1 Å². The standard InChI is InChI=1S/C12H9ClN4OS/c1-6-14-10(17-16-6)9-11(18)15-12(19-9)7-2-4-8(13)5-3-7/h2-5,18H,1H3,(H,14,16,17). The summed E-state index contributed by atoms with van der Waals surface area (Å²) < 4.78 is 0. The lowest BCUT2D eigenvalue weighted by Crippen LogP contribution is -1.76. The predicted molar refractivity (Wildman–Crippen MR) is 74.3 cm³/mol. The van der Waals surface area contributed by atoms with E-state index in [2.05, 4.69) is 20.2 Å². The van der Waals surface area contributed by atoms with Crippen LogP contribution >= 0.6 is 22.9 Å². The highest BCUT2D eigenvalue weighted by atomic mass is 35.5. The van der Waals surface area contributed by atoms with Crippen molar-refractivity contribution in [1.82, 2.24) is 20.2 Å². The number of hydrogen-bond acceptors (Lipinski definition) is 5. The van der Waals surface area contributed by atoms with E-state index in [4.69, 9.17) is 11.6 Å². The minimum absolute atomic E-state index is 0.0499. The van der Waals surface area contributed by atoms with Gasteiger partial charge in [-0.3, -0.25) is 0 Å². The molecular weight excluding hydrogens is 284 g/mol. The van der Waals surface area contributed by atoms with Crippen LogP contribution in [0.1, 0.15) is 5.82 Å². The molecule has 0 atom stereocenters. The molecule has 3 rings (SSSR count). The van der Waals surface area contributed by atoms with Crippen LogP contribution in [0.25, 0.3) is 21.3 Å². The van der Waals surface area contributed by atoms with Gasteiger partial charge in [0.2, 0.25) is 5.88 Å². The minimum Gasteiger partial charge on any atom is -0.492 e. The second-order valence-corrected chi connectivity index (χ2v) is 5.37. The molecule has 2 N–H and O–H groups in total. The number of aromatic amines is 1. The van der Waals surface area contributed by atoms with Crippen molar-refractivity contribution in [1.29, 1.82) is 0 Å². The molecule has 7 heteroatoms. The molecule has 2 heterocycles. The average molecular weight is 293 g/mol. The van der Waals surface area contributed by atoms with E-state index in [9.17, 15) is 5.11 Å². The first kappa shape index (κ1) is 12.1. The van der Waals surface area contributed by atoms with Gasteiger partial charge in [-0.05, 0) is 19.1 Å². The van der Waals surface area contributed by atoms with E-state index in [0.29, 0.717) is 26.6 Å². The van der Waals surface area contributed by atoms with Crippen molar-refractivity contribution in [3.63, 3.8) is 0 Å². The van der Waals surface area contributed by atoms with E-state index in [1.165, 1.54) is 11.3 Å². The average Bonchev–Trinajstić information content (AvgIpc) is 2.96. The molecule has 0 aliphatic carbocycles. The Kier molecular flexibility index (Phi) is 2.96. The second-order valence-electron chi connectivity index (χ2n) is 3.94. The Balaban J connectivity index is 2.04. The molecule has 0 saturated heterocycles. The molecule has 2 aromatic heterocycles. The van der Waals surface area contributed by atoms with Crippen molar-refractivity contribution in [3.05, 3.63) is 35.1 Å². The molecule has 0 unspecified atom stereocenters. The van der Waals surface area contributed by atoms with Gasteiger partial charge in [-0.15, -0.1) is 21.5 Å². The molecule has 0 radical (unpaired) electrons. The van der Waals surface area contributed by atoms with Crippen LogP contribution in [0.5, 0.6) is 5.88 Å². The third-order valence-corrected chi connectivity index (χ3v) is 3.87. The Morgan fingerprint density at radius 1 is 1.21 bits per heavy atom. The van der Waals surface area contributed by atoms with Gasteiger partial charge in [-0.1, -0.05) is 23.7 Å². The number of aromatic hydroxyl groups is 1. The Bertz CT molecular complexity index is 720. The van der Waals surface area contributed by atoms with Crippen LogP contribution in [0, 0.1) is 6.92 Å². The molecular formula is C12H9ClN4OS. The summed E-state index contributed by atoms with van der Waals surface area (Å²) in [5, 5.41) is 19.1. The van der Waals surface area contributed by atoms with Gasteiger partial charge >= 0.3 is 0 Å². The van der Waals surface area contributed by atoms with Crippen molar-refractivity contribution in [2.75, 3.05) is 0 Å². The summed E-state index contributed by atoms with van der Waals surface area (Å²) in [6.07, 6.45) is 0. The van der Waals surface area contributed by atoms with Crippen LogP contribution in [-0.4, -0.2) is 25.3 Å². The Labute approximate surface area is 117 Å². The molecule has 19 heavy (non-hydrogen) atoms. The van der Waals surface area contributed by atoms with Gasteiger partial charge in [-0.2, -0.15) is 0 Å². The number of rotatable bonds is 2. The van der Waals surface area contributed by atoms with Crippen molar-refractivity contribution < 1.29 is 5.11 Å². The van der Waals surface area contributed by atoms with Gasteiger partial charge in [-0.25, -0.2) is 4.98 Å². The normalized spacial score (nSPS) is 10.8. The molecule has 0 amide bonds. The van der Waals surface area contributed by atoms with Crippen LogP contribution in [0.15, 0.2) is 24.3 Å². The fraction of sp³-hybridized carbons (Fsp3) is 0.0833. The minimum atomic E-state index is -0.0499. The topological polar surface area (TPSA) is 74.7 Å². The Morgan fingerprint density at radius 3 is 2.58 bits per heavy atom. The monoisotopic (exact) mass is 292 g/mol. The van der Waals surface area contributed by atoms with Crippen LogP contribution in [0.3, 0.4) is 0 Å². The zero-order chi connectivity index (χ0) is 13.4. The smallest absolute Gasteiger partial charge is 0.234 e. The molecule has 1 aromatic carbocycles. The van der Waals surface area contributed by atoms with Gasteiger partial charge in [0.1, 0.15) is 15.7 Å². The zero-order valence-corrected chi connectivity index (χ0v) is 11.5. The largest absolute Gasteiger partial charge is 0.492 e. The van der Waals surface area contributed by atoms with Crippen LogP contribution in [0.4, 0.5) is 0 Å². The third kappa shape index (κ3) is 2.32. The number of benzene rings is 1. The number of thiazole rings is 1. The molecule has 5 nitrogen and oxygen atoms in total. The fourth-order valence-electron chi connectivity index (χ4n) is 1.63. The van der Waals surface area contributed by atoms with E-state index in [-0.39, 0.29) is 5.88 Å². The Morgan fingerprint density at radius 2 is 1.95 bits per heavy atom. The quantitative estimate of drug-likeness (QED) is 0.760. The third-order valence-electron chi connectivity index (χ3n) is 2.51. The number of halogens is 1. The van der Waals surface area contributed by atoms with Gasteiger partial charge in [0.15, 0.2) is 5.82 Å². The molecule has 96 valence electrons. The maximum absolute atomic E-state index is 9.90. The molecule has 0 aliphatic heterocycles. The van der Waals surface area contributed by atoms with Crippen molar-refractivity contribution >= 4 is 22.9 Å². The summed E-state index contributed by atoms with van der Waals surface area (Å²) in [5.41, 5.74) is 0.896. The predicted octanol–water partition coefficient (Wildman–Crippen LogP) is 3.26. The van der Waals surface area contributed by atoms with E-state index >= 15 is 0 Å². The first-order valence-corrected chi connectivity index (χ1v) is 6.68. The summed E-state index contributed by atoms with van der Waals surface area (Å²) in [5.74, 6) is 1.16. The van der Waals surface area contributed by atoms with Crippen molar-refractivity contribution in [3.8, 4) is 27.2 Å². The maximum atomic E-state index is 9.90. The summed E-state index contributed by atoms with van der Waals surface area (Å²) in [7, 11) is 0. The molecule has 0 bridgehead atoms. The number of aromatic nitrogens is 4. The Hall–Kier alpha value is -1.92. The highest BCUT2D eigenvalue weighted by Crippen LogP contribution is 2.37. The van der Waals surface area contributed by atoms with Gasteiger partial charge in [0.25, 0.3) is 0 Å². The fourth-order valence-corrected chi connectivity index (χ4v) is 2.66. The SMILES string of the molecule is Cc1nnc(-c2sc(-c3ccc(Cl)cc3)nc2O)[nH]1. The first-order chi connectivity index (χ1) is 9.13. The van der Waals surface area contributed by atoms with Crippen LogP contribution in [-0.2, 0) is 0 Å². The number of nitrogens with zero attached hydrogens (tertiary/aromatic N) is 3. The zero-order valence-electron chi connectivity index (χ0n) is 9.88. The number of H-pyrrole nitrogens is 1. The van der Waals surface area contributed by atoms with Gasteiger partial charge in [0.05, 0.1) is 0 Å². The highest BCUT2D eigenvalue weighted by molar-refractivity contribution is 7.18. The van der Waals surface area contributed by atoms with Crippen molar-refractivity contribution in [2.45, 2.75) is 6.92 Å². The first-order valence-electron chi connectivity index (χ1n) is 5.49. The highest BCUT2D eigenvalue weighted by Gasteiger charge is 2.16. The molecule has 0 aliphatic rings. The number of hydrogen-bond donors (Lipinski definition) is 2. The van der Waals surface area contributed by atoms with Crippen molar-refractivity contribution in [2.24, 2.45) is 0 Å². The van der Waals surface area contributed by atoms with E-state index < -0.39 is 0 Å². The lowest BCUT2D eigenvalue weighted by Gasteiger charge is -1.94. The number of aryl methyl sites for hydroxylation is 1. The van der Waals surface area contributed by atoms with Gasteiger partial charge in [0, 0.05) is 10.6 Å². The summed E-state index contributed by atoms with van der Waals surface area (Å²) in [6.45, 7) is 1.80. The molecule has 0 spiro atoms. The second kappa shape index (κ2) is 4.64. The molecule has 0 saturated carbocycles. The molecule has 3 aromatic rings. The molecule has 0 fully saturated rings. The maximum Gasteiger partial charge on any atom is 0.234 e. The summed E-state index contributed by atoms with van der Waals surface area (Å²) in [4.78, 5) is 7.69. The summed E-state index contributed by atoms with van der Waals surface area (Å²) in [6, 6.07) is 7.28. The van der Waals surface area contributed by atoms with Crippen LogP contribution in [0.2, 0.25) is 5.02 Å². The lowest BCUT2D eigenvalue weighted by atomic mass is 10.2.